The molecule has 0 aromatic heterocycles. The number of hydrogen-bond acceptors (Lipinski definition) is 2. The monoisotopic (exact) mass is 357 g/mol. The van der Waals surface area contributed by atoms with Gasteiger partial charge in [-0.05, 0) is 48.2 Å². The second-order valence-corrected chi connectivity index (χ2v) is 6.79. The van der Waals surface area contributed by atoms with Crippen LogP contribution in [0.25, 0.3) is 11.1 Å². The lowest BCUT2D eigenvalue weighted by atomic mass is 9.79. The van der Waals surface area contributed by atoms with E-state index < -0.39 is 0 Å². The minimum atomic E-state index is -0.292. The van der Waals surface area contributed by atoms with E-state index in [1.807, 2.05) is 48.5 Å². The molecule has 0 atom stereocenters. The Bertz CT molecular complexity index is 803. The van der Waals surface area contributed by atoms with Crippen molar-refractivity contribution in [2.75, 3.05) is 12.4 Å². The second-order valence-electron chi connectivity index (χ2n) is 6.36. The Labute approximate surface area is 151 Å². The Hall–Kier alpha value is -2.53. The summed E-state index contributed by atoms with van der Waals surface area (Å²) in [6.07, 6.45) is 1.25. The average molecular weight is 358 g/mol. The van der Waals surface area contributed by atoms with Crippen LogP contribution in [0.2, 0.25) is 5.02 Å². The Morgan fingerprint density at radius 2 is 1.76 bits per heavy atom. The van der Waals surface area contributed by atoms with Gasteiger partial charge in [-0.1, -0.05) is 35.9 Å². The molecule has 25 heavy (non-hydrogen) atoms. The summed E-state index contributed by atoms with van der Waals surface area (Å²) in [6, 6.07) is 15.0. The van der Waals surface area contributed by atoms with Gasteiger partial charge in [0.25, 0.3) is 0 Å². The summed E-state index contributed by atoms with van der Waals surface area (Å²) in [6.45, 7) is 0. The maximum Gasteiger partial charge on any atom is 0.321 e. The van der Waals surface area contributed by atoms with Gasteiger partial charge in [0.2, 0.25) is 5.91 Å². The molecule has 0 spiro atoms. The SMILES string of the molecule is CN(C(=O)Nc1cccc(-c2cccc(Cl)c2)c1)C1CC(C(N)=O)C1. The van der Waals surface area contributed by atoms with Crippen LogP contribution in [0.3, 0.4) is 0 Å². The van der Waals surface area contributed by atoms with Crippen molar-refractivity contribution in [2.45, 2.75) is 18.9 Å². The topological polar surface area (TPSA) is 75.4 Å². The summed E-state index contributed by atoms with van der Waals surface area (Å²) in [5, 5.41) is 3.56. The Balaban J connectivity index is 1.66. The molecule has 2 aromatic rings. The van der Waals surface area contributed by atoms with Crippen molar-refractivity contribution in [3.63, 3.8) is 0 Å². The Morgan fingerprint density at radius 3 is 2.40 bits per heavy atom. The van der Waals surface area contributed by atoms with Crippen molar-refractivity contribution in [3.05, 3.63) is 53.6 Å². The van der Waals surface area contributed by atoms with Gasteiger partial charge in [0.15, 0.2) is 0 Å². The predicted octanol–water partition coefficient (Wildman–Crippen LogP) is 3.73. The van der Waals surface area contributed by atoms with E-state index >= 15 is 0 Å². The molecular formula is C19H20ClN3O2. The quantitative estimate of drug-likeness (QED) is 0.874. The first kappa shape index (κ1) is 17.3. The van der Waals surface area contributed by atoms with E-state index in [9.17, 15) is 9.59 Å². The number of carbonyl (C=O) groups excluding carboxylic acids is 2. The number of rotatable bonds is 4. The molecule has 0 radical (unpaired) electrons. The minimum Gasteiger partial charge on any atom is -0.369 e. The molecule has 0 aliphatic heterocycles. The van der Waals surface area contributed by atoms with Gasteiger partial charge in [0.1, 0.15) is 0 Å². The van der Waals surface area contributed by atoms with Crippen molar-refractivity contribution >= 4 is 29.2 Å². The van der Waals surface area contributed by atoms with Gasteiger partial charge in [-0.3, -0.25) is 4.79 Å². The van der Waals surface area contributed by atoms with E-state index in [1.165, 1.54) is 0 Å². The summed E-state index contributed by atoms with van der Waals surface area (Å²) in [5.74, 6) is -0.411. The van der Waals surface area contributed by atoms with E-state index in [0.717, 1.165) is 11.1 Å². The van der Waals surface area contributed by atoms with Gasteiger partial charge in [-0.2, -0.15) is 0 Å². The van der Waals surface area contributed by atoms with Crippen molar-refractivity contribution in [1.29, 1.82) is 0 Å². The third-order valence-corrected chi connectivity index (χ3v) is 4.89. The number of amides is 3. The van der Waals surface area contributed by atoms with Gasteiger partial charge in [0, 0.05) is 29.7 Å². The normalized spacial score (nSPS) is 19.0. The van der Waals surface area contributed by atoms with E-state index in [1.54, 1.807) is 11.9 Å². The molecule has 5 nitrogen and oxygen atoms in total. The molecule has 0 unspecified atom stereocenters. The highest BCUT2D eigenvalue weighted by Gasteiger charge is 2.37. The van der Waals surface area contributed by atoms with Gasteiger partial charge >= 0.3 is 6.03 Å². The molecule has 0 heterocycles. The van der Waals surface area contributed by atoms with Crippen LogP contribution in [0, 0.1) is 5.92 Å². The van der Waals surface area contributed by atoms with Crippen LogP contribution >= 0.6 is 11.6 Å². The highest BCUT2D eigenvalue weighted by atomic mass is 35.5. The standard InChI is InChI=1S/C19H20ClN3O2/c1-23(17-10-14(11-17)18(21)24)19(25)22-16-7-3-5-13(9-16)12-4-2-6-15(20)8-12/h2-9,14,17H,10-11H2,1H3,(H2,21,24)(H,22,25). The number of nitrogens with zero attached hydrogens (tertiary/aromatic N) is 1. The number of primary amides is 1. The number of halogens is 1. The maximum absolute atomic E-state index is 12.4. The van der Waals surface area contributed by atoms with Crippen LogP contribution in [0.4, 0.5) is 10.5 Å². The molecule has 1 aliphatic rings. The summed E-state index contributed by atoms with van der Waals surface area (Å²) in [4.78, 5) is 25.1. The van der Waals surface area contributed by atoms with Crippen molar-refractivity contribution in [3.8, 4) is 11.1 Å². The second kappa shape index (κ2) is 7.15. The fraction of sp³-hybridized carbons (Fsp3) is 0.263. The molecule has 1 aliphatic carbocycles. The first-order chi connectivity index (χ1) is 11.9. The van der Waals surface area contributed by atoms with Gasteiger partial charge < -0.3 is 16.0 Å². The van der Waals surface area contributed by atoms with Gasteiger partial charge in [-0.15, -0.1) is 0 Å². The number of nitrogens with two attached hydrogens (primary N) is 1. The highest BCUT2D eigenvalue weighted by Crippen LogP contribution is 2.31. The number of hydrogen-bond donors (Lipinski definition) is 2. The minimum absolute atomic E-state index is 0.0496. The molecule has 3 rings (SSSR count). The molecule has 1 fully saturated rings. The van der Waals surface area contributed by atoms with E-state index in [0.29, 0.717) is 23.6 Å². The zero-order valence-corrected chi connectivity index (χ0v) is 14.7. The van der Waals surface area contributed by atoms with Crippen LogP contribution in [-0.4, -0.2) is 29.9 Å². The van der Waals surface area contributed by atoms with E-state index in [4.69, 9.17) is 17.3 Å². The summed E-state index contributed by atoms with van der Waals surface area (Å²) in [5.41, 5.74) is 7.94. The van der Waals surface area contributed by atoms with E-state index in [2.05, 4.69) is 5.32 Å². The number of anilines is 1. The zero-order valence-electron chi connectivity index (χ0n) is 13.9. The Morgan fingerprint density at radius 1 is 1.12 bits per heavy atom. The fourth-order valence-electron chi connectivity index (χ4n) is 2.96. The van der Waals surface area contributed by atoms with E-state index in [-0.39, 0.29) is 23.9 Å². The molecule has 130 valence electrons. The molecule has 2 aromatic carbocycles. The summed E-state index contributed by atoms with van der Waals surface area (Å²) >= 11 is 6.04. The largest absolute Gasteiger partial charge is 0.369 e. The van der Waals surface area contributed by atoms with Crippen molar-refractivity contribution in [2.24, 2.45) is 11.7 Å². The Kier molecular flexibility index (Phi) is 4.95. The van der Waals surface area contributed by atoms with Crippen LogP contribution in [0.15, 0.2) is 48.5 Å². The predicted molar refractivity (Wildman–Crippen MR) is 99.4 cm³/mol. The molecule has 1 saturated carbocycles. The molecule has 3 N–H and O–H groups in total. The summed E-state index contributed by atoms with van der Waals surface area (Å²) < 4.78 is 0. The van der Waals surface area contributed by atoms with Crippen LogP contribution in [0.5, 0.6) is 0 Å². The average Bonchev–Trinajstić information content (AvgIpc) is 2.53. The molecule has 3 amide bonds. The van der Waals surface area contributed by atoms with Gasteiger partial charge in [-0.25, -0.2) is 4.79 Å². The number of urea groups is 1. The van der Waals surface area contributed by atoms with Crippen LogP contribution < -0.4 is 11.1 Å². The lowest BCUT2D eigenvalue weighted by Crippen LogP contribution is -2.50. The van der Waals surface area contributed by atoms with Crippen LogP contribution in [-0.2, 0) is 4.79 Å². The van der Waals surface area contributed by atoms with Crippen molar-refractivity contribution < 1.29 is 9.59 Å². The number of benzene rings is 2. The number of nitrogens with one attached hydrogen (secondary N) is 1. The lowest BCUT2D eigenvalue weighted by Gasteiger charge is -2.39. The maximum atomic E-state index is 12.4. The zero-order chi connectivity index (χ0) is 18.0. The molecule has 6 heteroatoms. The molecule has 0 saturated heterocycles. The van der Waals surface area contributed by atoms with Gasteiger partial charge in [0.05, 0.1) is 0 Å². The first-order valence-corrected chi connectivity index (χ1v) is 8.51. The third-order valence-electron chi connectivity index (χ3n) is 4.66. The van der Waals surface area contributed by atoms with Crippen LogP contribution in [0.1, 0.15) is 12.8 Å². The number of carbonyl (C=O) groups is 2. The van der Waals surface area contributed by atoms with Crippen molar-refractivity contribution in [1.82, 2.24) is 4.90 Å². The smallest absolute Gasteiger partial charge is 0.321 e. The molecular weight excluding hydrogens is 338 g/mol. The first-order valence-electron chi connectivity index (χ1n) is 8.13. The third kappa shape index (κ3) is 3.94. The lowest BCUT2D eigenvalue weighted by molar-refractivity contribution is -0.125. The summed E-state index contributed by atoms with van der Waals surface area (Å²) in [7, 11) is 1.73. The molecule has 0 bridgehead atoms. The highest BCUT2D eigenvalue weighted by molar-refractivity contribution is 6.30. The fourth-order valence-corrected chi connectivity index (χ4v) is 3.15.